The van der Waals surface area contributed by atoms with Crippen molar-refractivity contribution in [1.82, 2.24) is 24.8 Å². The van der Waals surface area contributed by atoms with E-state index in [1.54, 1.807) is 36.2 Å². The highest BCUT2D eigenvalue weighted by atomic mass is 35.5. The Morgan fingerprint density at radius 2 is 2.08 bits per heavy atom. The molecule has 2 amide bonds. The number of rotatable bonds is 7. The highest BCUT2D eigenvalue weighted by Gasteiger charge is 2.56. The van der Waals surface area contributed by atoms with Gasteiger partial charge in [-0.1, -0.05) is 54.9 Å². The first-order valence-electron chi connectivity index (χ1n) is 12.8. The lowest BCUT2D eigenvalue weighted by atomic mass is 9.80. The van der Waals surface area contributed by atoms with E-state index in [1.165, 1.54) is 15.8 Å². The van der Waals surface area contributed by atoms with Gasteiger partial charge in [-0.25, -0.2) is 4.68 Å². The van der Waals surface area contributed by atoms with Gasteiger partial charge in [0.25, 0.3) is 5.91 Å². The average molecular weight is 548 g/mol. The van der Waals surface area contributed by atoms with Crippen molar-refractivity contribution in [2.75, 3.05) is 18.9 Å². The molecule has 39 heavy (non-hydrogen) atoms. The van der Waals surface area contributed by atoms with Gasteiger partial charge in [0, 0.05) is 24.3 Å². The van der Waals surface area contributed by atoms with Crippen LogP contribution in [0, 0.1) is 17.2 Å². The zero-order chi connectivity index (χ0) is 27.9. The number of nitrogens with one attached hydrogen (secondary N) is 1. The molecule has 0 bridgehead atoms. The number of hydrogen-bond donors (Lipinski definition) is 2. The molecule has 10 nitrogen and oxygen atoms in total. The molecule has 2 aromatic carbocycles. The van der Waals surface area contributed by atoms with E-state index in [-0.39, 0.29) is 30.5 Å². The number of nitrogens with zero attached hydrogens (tertiary/aromatic N) is 6. The number of carbonyl (C=O) groups excluding carboxylic acids is 2. The van der Waals surface area contributed by atoms with E-state index in [2.05, 4.69) is 21.7 Å². The van der Waals surface area contributed by atoms with Crippen LogP contribution in [0.3, 0.4) is 0 Å². The summed E-state index contributed by atoms with van der Waals surface area (Å²) in [5, 5.41) is 33.3. The first-order chi connectivity index (χ1) is 18.6. The number of likely N-dealkylation sites (tertiary alicyclic amines) is 1. The quantitative estimate of drug-likeness (QED) is 0.465. The van der Waals surface area contributed by atoms with Crippen molar-refractivity contribution in [2.45, 2.75) is 50.4 Å². The number of para-hydroxylation sites is 1. The molecule has 11 heteroatoms. The summed E-state index contributed by atoms with van der Waals surface area (Å²) in [4.78, 5) is 29.8. The van der Waals surface area contributed by atoms with Crippen molar-refractivity contribution < 1.29 is 14.7 Å². The summed E-state index contributed by atoms with van der Waals surface area (Å²) in [7, 11) is 1.61. The summed E-state index contributed by atoms with van der Waals surface area (Å²) >= 11 is 6.09. The fourth-order valence-electron chi connectivity index (χ4n) is 5.69. The van der Waals surface area contributed by atoms with Crippen LogP contribution in [0.15, 0.2) is 54.7 Å². The molecule has 3 heterocycles. The van der Waals surface area contributed by atoms with Gasteiger partial charge in [-0.2, -0.15) is 5.26 Å². The molecule has 202 valence electrons. The third kappa shape index (κ3) is 4.78. The maximum Gasteiger partial charge on any atom is 0.276 e. The molecule has 3 aromatic rings. The minimum Gasteiger partial charge on any atom is -0.376 e. The molecule has 2 aliphatic heterocycles. The smallest absolute Gasteiger partial charge is 0.276 e. The number of carbonyl (C=O) groups is 2. The molecule has 0 aliphatic carbocycles. The molecule has 1 unspecified atom stereocenters. The molecule has 1 saturated heterocycles. The number of aliphatic hydroxyl groups is 1. The first kappa shape index (κ1) is 26.8. The largest absolute Gasteiger partial charge is 0.376 e. The van der Waals surface area contributed by atoms with Gasteiger partial charge in [-0.05, 0) is 48.6 Å². The number of aliphatic hydroxyl groups excluding tert-OH is 1. The first-order valence-corrected chi connectivity index (χ1v) is 13.2. The fourth-order valence-corrected chi connectivity index (χ4v) is 5.87. The Morgan fingerprint density at radius 3 is 2.79 bits per heavy atom. The van der Waals surface area contributed by atoms with Gasteiger partial charge in [-0.15, -0.1) is 5.10 Å². The van der Waals surface area contributed by atoms with Crippen molar-refractivity contribution in [3.05, 3.63) is 71.0 Å². The molecule has 2 N–H and O–H groups in total. The fraction of sp³-hybridized carbons (Fsp3) is 0.393. The maximum absolute atomic E-state index is 13.5. The number of likely N-dealkylation sites (N-methyl/N-ethyl adjacent to an activating group) is 1. The predicted octanol–water partition coefficient (Wildman–Crippen LogP) is 3.21. The van der Waals surface area contributed by atoms with E-state index in [0.717, 1.165) is 11.3 Å². The van der Waals surface area contributed by atoms with Crippen molar-refractivity contribution in [1.29, 1.82) is 5.26 Å². The highest BCUT2D eigenvalue weighted by Crippen LogP contribution is 2.47. The molecule has 1 fully saturated rings. The third-order valence-corrected chi connectivity index (χ3v) is 7.90. The van der Waals surface area contributed by atoms with Crippen molar-refractivity contribution in [3.8, 4) is 11.8 Å². The van der Waals surface area contributed by atoms with Crippen LogP contribution >= 0.6 is 11.6 Å². The van der Waals surface area contributed by atoms with E-state index in [4.69, 9.17) is 11.6 Å². The van der Waals surface area contributed by atoms with E-state index in [0.29, 0.717) is 17.1 Å². The van der Waals surface area contributed by atoms with Crippen molar-refractivity contribution >= 4 is 29.1 Å². The molecule has 4 atom stereocenters. The minimum absolute atomic E-state index is 0.109. The van der Waals surface area contributed by atoms with E-state index in [9.17, 15) is 20.0 Å². The molecule has 1 spiro atoms. The molecular formula is C28H30ClN7O3. The Labute approximate surface area is 231 Å². The summed E-state index contributed by atoms with van der Waals surface area (Å²) in [6.45, 7) is 4.17. The van der Waals surface area contributed by atoms with Crippen LogP contribution in [0.5, 0.6) is 0 Å². The molecular weight excluding hydrogens is 518 g/mol. The van der Waals surface area contributed by atoms with Crippen LogP contribution in [0.1, 0.15) is 42.7 Å². The van der Waals surface area contributed by atoms with Gasteiger partial charge in [0.05, 0.1) is 29.4 Å². The van der Waals surface area contributed by atoms with E-state index < -0.39 is 29.6 Å². The predicted molar refractivity (Wildman–Crippen MR) is 145 cm³/mol. The lowest BCUT2D eigenvalue weighted by Crippen LogP contribution is -2.54. The second-order valence-corrected chi connectivity index (χ2v) is 11.1. The van der Waals surface area contributed by atoms with E-state index >= 15 is 0 Å². The highest BCUT2D eigenvalue weighted by molar-refractivity contribution is 6.30. The second kappa shape index (κ2) is 10.4. The van der Waals surface area contributed by atoms with Crippen molar-refractivity contribution in [3.63, 3.8) is 0 Å². The van der Waals surface area contributed by atoms with Crippen molar-refractivity contribution in [2.24, 2.45) is 5.92 Å². The lowest BCUT2D eigenvalue weighted by Gasteiger charge is -2.38. The molecule has 0 radical (unpaired) electrons. The number of benzene rings is 2. The second-order valence-electron chi connectivity index (χ2n) is 10.7. The number of fused-ring (bicyclic) bond motifs is 2. The number of nitriles is 1. The zero-order valence-corrected chi connectivity index (χ0v) is 22.7. The van der Waals surface area contributed by atoms with Gasteiger partial charge in [0.2, 0.25) is 5.91 Å². The molecule has 2 aliphatic rings. The Kier molecular flexibility index (Phi) is 7.16. The van der Waals surface area contributed by atoms with Crippen LogP contribution in [0.4, 0.5) is 5.69 Å². The summed E-state index contributed by atoms with van der Waals surface area (Å²) in [6.07, 6.45) is 1.06. The Morgan fingerprint density at radius 1 is 1.31 bits per heavy atom. The summed E-state index contributed by atoms with van der Waals surface area (Å²) < 4.78 is 1.47. The average Bonchev–Trinajstić information content (AvgIpc) is 3.63. The van der Waals surface area contributed by atoms with Gasteiger partial charge in [0.1, 0.15) is 12.3 Å². The van der Waals surface area contributed by atoms with Gasteiger partial charge >= 0.3 is 0 Å². The van der Waals surface area contributed by atoms with Gasteiger partial charge < -0.3 is 15.3 Å². The monoisotopic (exact) mass is 547 g/mol. The van der Waals surface area contributed by atoms with Crippen LogP contribution in [-0.4, -0.2) is 73.6 Å². The van der Waals surface area contributed by atoms with Crippen LogP contribution in [0.25, 0.3) is 5.69 Å². The summed E-state index contributed by atoms with van der Waals surface area (Å²) in [5.74, 6) is -0.463. The Hall–Kier alpha value is -3.78. The lowest BCUT2D eigenvalue weighted by molar-refractivity contribution is -0.121. The normalized spacial score (nSPS) is 22.0. The number of aromatic nitrogens is 3. The minimum atomic E-state index is -1.19. The third-order valence-electron chi connectivity index (χ3n) is 7.67. The number of hydrogen-bond acceptors (Lipinski definition) is 7. The molecule has 0 saturated carbocycles. The number of anilines is 1. The SMILES string of the molecule is CC(C)C[C@@H](C(O)N1C[C@]2(C[C@H]1C#N)C(=O)Nc1ccccc12)N(C)C(=O)c1cn(-c2cccc(Cl)c2)nn1. The molecule has 1 aromatic heterocycles. The topological polar surface area (TPSA) is 127 Å². The number of amides is 2. The Balaban J connectivity index is 1.41. The summed E-state index contributed by atoms with van der Waals surface area (Å²) in [5.41, 5.74) is 1.38. The van der Waals surface area contributed by atoms with Crippen LogP contribution < -0.4 is 5.32 Å². The standard InChI is InChI=1S/C28H30ClN7O3/c1-17(2)11-24(34(3)25(37)23-15-36(33-32-23)19-8-6-7-18(29)12-19)26(38)35-16-28(13-20(35)14-30)21-9-4-5-10-22(21)31-27(28)39/h4-10,12,15,17,20,24,26,38H,11,13,16H2,1-3H3,(H,31,39)/t20-,24-,26?,28-/m0/s1. The Bertz CT molecular complexity index is 1450. The molecule has 5 rings (SSSR count). The van der Waals surface area contributed by atoms with Gasteiger partial charge in [-0.3, -0.25) is 14.5 Å². The van der Waals surface area contributed by atoms with E-state index in [1.807, 2.05) is 38.1 Å². The zero-order valence-electron chi connectivity index (χ0n) is 22.0. The van der Waals surface area contributed by atoms with Crippen LogP contribution in [-0.2, 0) is 10.2 Å². The van der Waals surface area contributed by atoms with Crippen LogP contribution in [0.2, 0.25) is 5.02 Å². The van der Waals surface area contributed by atoms with Gasteiger partial charge in [0.15, 0.2) is 5.69 Å². The maximum atomic E-state index is 13.5. The summed E-state index contributed by atoms with van der Waals surface area (Å²) in [6, 6.07) is 15.4. The number of halogens is 1.